The molecule has 0 aliphatic heterocycles. The normalized spacial score (nSPS) is 26.0. The molecule has 0 aromatic rings. The Labute approximate surface area is 79.5 Å². The Hall–Kier alpha value is -0.850. The van der Waals surface area contributed by atoms with E-state index in [0.29, 0.717) is 12.2 Å². The fourth-order valence-corrected chi connectivity index (χ4v) is 2.87. The standard InChI is InChI=1S/C12H16O/c1-7-5-8(2)11-10(7)9(13)6-12(11,3)4/h5-6H2,1-4H3. The topological polar surface area (TPSA) is 17.1 Å². The van der Waals surface area contributed by atoms with Crippen molar-refractivity contribution in [3.8, 4) is 0 Å². The summed E-state index contributed by atoms with van der Waals surface area (Å²) in [5.74, 6) is 0.356. The van der Waals surface area contributed by atoms with Gasteiger partial charge in [-0.1, -0.05) is 25.0 Å². The van der Waals surface area contributed by atoms with Crippen LogP contribution in [0.4, 0.5) is 0 Å². The van der Waals surface area contributed by atoms with Crippen LogP contribution in [0.15, 0.2) is 22.3 Å². The van der Waals surface area contributed by atoms with E-state index in [0.717, 1.165) is 12.0 Å². The zero-order chi connectivity index (χ0) is 9.80. The molecule has 2 aliphatic carbocycles. The minimum atomic E-state index is 0.0915. The molecule has 0 radical (unpaired) electrons. The number of ketones is 1. The summed E-state index contributed by atoms with van der Waals surface area (Å²) in [6.45, 7) is 8.60. The highest BCUT2D eigenvalue weighted by Crippen LogP contribution is 2.50. The zero-order valence-corrected chi connectivity index (χ0v) is 8.82. The summed E-state index contributed by atoms with van der Waals surface area (Å²) in [6.07, 6.45) is 1.71. The lowest BCUT2D eigenvalue weighted by molar-refractivity contribution is -0.115. The molecule has 0 bridgehead atoms. The predicted octanol–water partition coefficient (Wildman–Crippen LogP) is 3.02. The van der Waals surface area contributed by atoms with Gasteiger partial charge in [0.2, 0.25) is 0 Å². The molecule has 0 saturated heterocycles. The SMILES string of the molecule is CC1=C2C(=O)CC(C)(C)C2=C(C)C1. The smallest absolute Gasteiger partial charge is 0.163 e. The number of Topliss-reactive ketones (excluding diaryl/α,β-unsaturated/α-hetero) is 1. The molecule has 1 fully saturated rings. The molecule has 1 heteroatoms. The van der Waals surface area contributed by atoms with E-state index in [1.54, 1.807) is 0 Å². The number of carbonyl (C=O) groups is 1. The minimum absolute atomic E-state index is 0.0915. The van der Waals surface area contributed by atoms with Crippen molar-refractivity contribution in [1.29, 1.82) is 0 Å². The molecule has 0 N–H and O–H groups in total. The molecule has 13 heavy (non-hydrogen) atoms. The van der Waals surface area contributed by atoms with E-state index >= 15 is 0 Å². The third kappa shape index (κ3) is 1.03. The summed E-state index contributed by atoms with van der Waals surface area (Å²) < 4.78 is 0. The molecule has 0 amide bonds. The Morgan fingerprint density at radius 1 is 1.15 bits per heavy atom. The number of rotatable bonds is 0. The lowest BCUT2D eigenvalue weighted by atomic mass is 9.85. The fourth-order valence-electron chi connectivity index (χ4n) is 2.87. The van der Waals surface area contributed by atoms with Crippen LogP contribution in [0.25, 0.3) is 0 Å². The van der Waals surface area contributed by atoms with E-state index in [-0.39, 0.29) is 5.41 Å². The Kier molecular flexibility index (Phi) is 1.57. The maximum absolute atomic E-state index is 11.7. The van der Waals surface area contributed by atoms with Gasteiger partial charge in [-0.05, 0) is 31.3 Å². The Morgan fingerprint density at radius 3 is 2.31 bits per heavy atom. The molecule has 0 aromatic heterocycles. The molecule has 70 valence electrons. The molecule has 0 aromatic carbocycles. The average Bonchev–Trinajstić information content (AvgIpc) is 2.35. The first-order chi connectivity index (χ1) is 5.93. The van der Waals surface area contributed by atoms with Crippen molar-refractivity contribution in [2.75, 3.05) is 0 Å². The lowest BCUT2D eigenvalue weighted by Crippen LogP contribution is -2.08. The molecule has 2 aliphatic rings. The first kappa shape index (κ1) is 8.74. The lowest BCUT2D eigenvalue weighted by Gasteiger charge is -2.18. The van der Waals surface area contributed by atoms with E-state index in [9.17, 15) is 4.79 Å². The van der Waals surface area contributed by atoms with Gasteiger partial charge in [0.05, 0.1) is 0 Å². The van der Waals surface area contributed by atoms with Gasteiger partial charge < -0.3 is 0 Å². The van der Waals surface area contributed by atoms with Gasteiger partial charge in [0.25, 0.3) is 0 Å². The van der Waals surface area contributed by atoms with E-state index < -0.39 is 0 Å². The van der Waals surface area contributed by atoms with Crippen molar-refractivity contribution in [2.24, 2.45) is 5.41 Å². The van der Waals surface area contributed by atoms with Gasteiger partial charge in [-0.15, -0.1) is 0 Å². The Morgan fingerprint density at radius 2 is 1.77 bits per heavy atom. The van der Waals surface area contributed by atoms with Crippen LogP contribution in [-0.2, 0) is 4.79 Å². The van der Waals surface area contributed by atoms with Crippen molar-refractivity contribution < 1.29 is 4.79 Å². The van der Waals surface area contributed by atoms with Gasteiger partial charge in [-0.3, -0.25) is 4.79 Å². The van der Waals surface area contributed by atoms with E-state index in [4.69, 9.17) is 0 Å². The molecule has 1 saturated carbocycles. The van der Waals surface area contributed by atoms with Crippen LogP contribution in [0.3, 0.4) is 0 Å². The van der Waals surface area contributed by atoms with Crippen LogP contribution < -0.4 is 0 Å². The Balaban J connectivity index is 2.63. The highest BCUT2D eigenvalue weighted by molar-refractivity contribution is 6.06. The van der Waals surface area contributed by atoms with Crippen molar-refractivity contribution in [2.45, 2.75) is 40.5 Å². The Bertz CT molecular complexity index is 353. The number of fused-ring (bicyclic) bond motifs is 1. The summed E-state index contributed by atoms with van der Waals surface area (Å²) in [7, 11) is 0. The van der Waals surface area contributed by atoms with Gasteiger partial charge in [0.1, 0.15) is 0 Å². The maximum Gasteiger partial charge on any atom is 0.163 e. The highest BCUT2D eigenvalue weighted by atomic mass is 16.1. The molecule has 0 heterocycles. The largest absolute Gasteiger partial charge is 0.294 e. The van der Waals surface area contributed by atoms with Crippen molar-refractivity contribution >= 4 is 5.78 Å². The molecule has 2 rings (SSSR count). The van der Waals surface area contributed by atoms with Crippen LogP contribution >= 0.6 is 0 Å². The summed E-state index contributed by atoms with van der Waals surface area (Å²) in [4.78, 5) is 11.7. The van der Waals surface area contributed by atoms with Crippen LogP contribution in [0.5, 0.6) is 0 Å². The van der Waals surface area contributed by atoms with Crippen LogP contribution in [-0.4, -0.2) is 5.78 Å². The molecular weight excluding hydrogens is 160 g/mol. The second-order valence-electron chi connectivity index (χ2n) is 4.97. The summed E-state index contributed by atoms with van der Waals surface area (Å²) in [5, 5.41) is 0. The molecule has 0 spiro atoms. The number of allylic oxidation sites excluding steroid dienone is 4. The van der Waals surface area contributed by atoms with Gasteiger partial charge in [-0.2, -0.15) is 0 Å². The van der Waals surface area contributed by atoms with E-state index in [1.807, 2.05) is 0 Å². The van der Waals surface area contributed by atoms with Gasteiger partial charge in [0, 0.05) is 12.0 Å². The van der Waals surface area contributed by atoms with E-state index in [1.165, 1.54) is 16.7 Å². The van der Waals surface area contributed by atoms with Crippen molar-refractivity contribution in [3.63, 3.8) is 0 Å². The summed E-state index contributed by atoms with van der Waals surface area (Å²) in [6, 6.07) is 0. The zero-order valence-electron chi connectivity index (χ0n) is 8.82. The number of hydrogen-bond acceptors (Lipinski definition) is 1. The first-order valence-electron chi connectivity index (χ1n) is 4.87. The monoisotopic (exact) mass is 176 g/mol. The highest BCUT2D eigenvalue weighted by Gasteiger charge is 2.43. The second kappa shape index (κ2) is 2.34. The van der Waals surface area contributed by atoms with Gasteiger partial charge >= 0.3 is 0 Å². The summed E-state index contributed by atoms with van der Waals surface area (Å²) >= 11 is 0. The average molecular weight is 176 g/mol. The quantitative estimate of drug-likeness (QED) is 0.554. The molecule has 1 nitrogen and oxygen atoms in total. The minimum Gasteiger partial charge on any atom is -0.294 e. The predicted molar refractivity (Wildman–Crippen MR) is 53.4 cm³/mol. The molecule has 0 unspecified atom stereocenters. The fraction of sp³-hybridized carbons (Fsp3) is 0.583. The maximum atomic E-state index is 11.7. The first-order valence-corrected chi connectivity index (χ1v) is 4.87. The van der Waals surface area contributed by atoms with Gasteiger partial charge in [0.15, 0.2) is 5.78 Å². The second-order valence-corrected chi connectivity index (χ2v) is 4.97. The third-order valence-corrected chi connectivity index (χ3v) is 3.19. The molecular formula is C12H16O. The van der Waals surface area contributed by atoms with E-state index in [2.05, 4.69) is 27.7 Å². The third-order valence-electron chi connectivity index (χ3n) is 3.19. The van der Waals surface area contributed by atoms with Gasteiger partial charge in [-0.25, -0.2) is 0 Å². The van der Waals surface area contributed by atoms with Crippen LogP contribution in [0.1, 0.15) is 40.5 Å². The van der Waals surface area contributed by atoms with Crippen LogP contribution in [0.2, 0.25) is 0 Å². The molecule has 0 atom stereocenters. The van der Waals surface area contributed by atoms with Crippen molar-refractivity contribution in [3.05, 3.63) is 22.3 Å². The number of carbonyl (C=O) groups excluding carboxylic acids is 1. The number of hydrogen-bond donors (Lipinski definition) is 0. The van der Waals surface area contributed by atoms with Crippen molar-refractivity contribution in [1.82, 2.24) is 0 Å². The van der Waals surface area contributed by atoms with Crippen LogP contribution in [0, 0.1) is 5.41 Å². The summed E-state index contributed by atoms with van der Waals surface area (Å²) in [5.41, 5.74) is 5.18.